The van der Waals surface area contributed by atoms with E-state index in [1.165, 1.54) is 63.5 Å². The lowest BCUT2D eigenvalue weighted by Crippen LogP contribution is -2.28. The summed E-state index contributed by atoms with van der Waals surface area (Å²) in [6.45, 7) is 0. The Morgan fingerprint density at radius 3 is 2.63 bits per heavy atom. The van der Waals surface area contributed by atoms with E-state index in [4.69, 9.17) is 0 Å². The van der Waals surface area contributed by atoms with E-state index in [0.29, 0.717) is 0 Å². The molecule has 1 N–H and O–H groups in total. The monoisotopic (exact) mass is 255 g/mol. The van der Waals surface area contributed by atoms with Gasteiger partial charge in [0.1, 0.15) is 0 Å². The van der Waals surface area contributed by atoms with Crippen LogP contribution >= 0.6 is 0 Å². The molecule has 19 heavy (non-hydrogen) atoms. The Kier molecular flexibility index (Phi) is 3.01. The van der Waals surface area contributed by atoms with Crippen LogP contribution in [0.4, 0.5) is 5.69 Å². The van der Waals surface area contributed by atoms with Crippen molar-refractivity contribution >= 4 is 5.69 Å². The largest absolute Gasteiger partial charge is 0.382 e. The Morgan fingerprint density at radius 2 is 1.74 bits per heavy atom. The molecule has 1 aromatic rings. The Morgan fingerprint density at radius 1 is 0.842 bits per heavy atom. The minimum atomic E-state index is 0.735. The van der Waals surface area contributed by atoms with Gasteiger partial charge in [0.05, 0.1) is 0 Å². The highest BCUT2D eigenvalue weighted by molar-refractivity contribution is 5.50. The Bertz CT molecular complexity index is 461. The normalized spacial score (nSPS) is 30.1. The summed E-state index contributed by atoms with van der Waals surface area (Å²) in [7, 11) is 0. The van der Waals surface area contributed by atoms with Crippen molar-refractivity contribution in [3.05, 3.63) is 29.3 Å². The molecule has 0 aliphatic heterocycles. The highest BCUT2D eigenvalue weighted by Gasteiger charge is 2.34. The number of aryl methyl sites for hydroxylation is 2. The molecule has 0 aromatic heterocycles. The summed E-state index contributed by atoms with van der Waals surface area (Å²) in [6.07, 6.45) is 12.7. The Balaban J connectivity index is 1.42. The third kappa shape index (κ3) is 2.52. The van der Waals surface area contributed by atoms with Crippen LogP contribution in [0, 0.1) is 11.8 Å². The van der Waals surface area contributed by atoms with Crippen LogP contribution in [0.15, 0.2) is 18.2 Å². The van der Waals surface area contributed by atoms with Gasteiger partial charge in [-0.2, -0.15) is 0 Å². The minimum absolute atomic E-state index is 0.735. The molecule has 0 saturated heterocycles. The van der Waals surface area contributed by atoms with Gasteiger partial charge in [0.25, 0.3) is 0 Å². The zero-order chi connectivity index (χ0) is 12.7. The van der Waals surface area contributed by atoms with E-state index in [-0.39, 0.29) is 0 Å². The van der Waals surface area contributed by atoms with Gasteiger partial charge in [0.2, 0.25) is 0 Å². The number of fused-ring (bicyclic) bond motifs is 1. The third-order valence-electron chi connectivity index (χ3n) is 5.47. The van der Waals surface area contributed by atoms with Crippen molar-refractivity contribution in [3.8, 4) is 0 Å². The van der Waals surface area contributed by atoms with Crippen molar-refractivity contribution in [1.82, 2.24) is 0 Å². The van der Waals surface area contributed by atoms with E-state index in [9.17, 15) is 0 Å². The number of hydrogen-bond acceptors (Lipinski definition) is 1. The van der Waals surface area contributed by atoms with Crippen LogP contribution in [0.5, 0.6) is 0 Å². The first-order valence-electron chi connectivity index (χ1n) is 8.27. The molecule has 1 nitrogen and oxygen atoms in total. The second-order valence-electron chi connectivity index (χ2n) is 6.94. The molecule has 4 rings (SSSR count). The highest BCUT2D eigenvalue weighted by Crippen LogP contribution is 2.44. The molecule has 0 amide bonds. The van der Waals surface area contributed by atoms with E-state index in [1.807, 2.05) is 0 Å². The number of nitrogens with one attached hydrogen (secondary N) is 1. The van der Waals surface area contributed by atoms with E-state index >= 15 is 0 Å². The predicted octanol–water partition coefficient (Wildman–Crippen LogP) is 4.56. The SMILES string of the molecule is c1cc2c(cc1NC1CCCC(C3CC3)C1)CCC2. The topological polar surface area (TPSA) is 12.0 Å². The average Bonchev–Trinajstić information content (AvgIpc) is 3.18. The van der Waals surface area contributed by atoms with Crippen LogP contribution in [0.3, 0.4) is 0 Å². The highest BCUT2D eigenvalue weighted by atomic mass is 14.9. The van der Waals surface area contributed by atoms with Crippen molar-refractivity contribution < 1.29 is 0 Å². The molecule has 0 radical (unpaired) electrons. The fourth-order valence-corrected chi connectivity index (χ4v) is 4.25. The molecule has 1 aromatic carbocycles. The number of hydrogen-bond donors (Lipinski definition) is 1. The maximum atomic E-state index is 3.82. The zero-order valence-corrected chi connectivity index (χ0v) is 11.8. The molecule has 2 fully saturated rings. The van der Waals surface area contributed by atoms with Crippen molar-refractivity contribution in [3.63, 3.8) is 0 Å². The van der Waals surface area contributed by atoms with Crippen LogP contribution in [0.2, 0.25) is 0 Å². The molecule has 102 valence electrons. The zero-order valence-electron chi connectivity index (χ0n) is 11.8. The maximum absolute atomic E-state index is 3.82. The molecule has 3 aliphatic carbocycles. The first-order valence-corrected chi connectivity index (χ1v) is 8.27. The van der Waals surface area contributed by atoms with Crippen molar-refractivity contribution in [2.24, 2.45) is 11.8 Å². The molecule has 2 atom stereocenters. The van der Waals surface area contributed by atoms with Crippen LogP contribution in [-0.2, 0) is 12.8 Å². The van der Waals surface area contributed by atoms with Gasteiger partial charge in [-0.25, -0.2) is 0 Å². The standard InChI is InChI=1S/C18H25N/c1-3-13-9-10-18(12-15(13)4-1)19-17-6-2-5-16(11-17)14-7-8-14/h9-10,12,14,16-17,19H,1-8,11H2. The first-order chi connectivity index (χ1) is 9.38. The summed E-state index contributed by atoms with van der Waals surface area (Å²) in [5, 5.41) is 3.82. The molecule has 1 heteroatoms. The van der Waals surface area contributed by atoms with Gasteiger partial charge >= 0.3 is 0 Å². The first kappa shape index (κ1) is 11.8. The summed E-state index contributed by atoms with van der Waals surface area (Å²) >= 11 is 0. The fourth-order valence-electron chi connectivity index (χ4n) is 4.25. The smallest absolute Gasteiger partial charge is 0.0345 e. The summed E-state index contributed by atoms with van der Waals surface area (Å²) in [6, 6.07) is 7.82. The van der Waals surface area contributed by atoms with Crippen LogP contribution in [0.25, 0.3) is 0 Å². The van der Waals surface area contributed by atoms with Gasteiger partial charge in [-0.3, -0.25) is 0 Å². The van der Waals surface area contributed by atoms with E-state index in [2.05, 4.69) is 23.5 Å². The van der Waals surface area contributed by atoms with Crippen LogP contribution in [-0.4, -0.2) is 6.04 Å². The van der Waals surface area contributed by atoms with Gasteiger partial charge in [0.15, 0.2) is 0 Å². The molecular formula is C18H25N. The Labute approximate surface area is 116 Å². The molecule has 0 bridgehead atoms. The lowest BCUT2D eigenvalue weighted by molar-refractivity contribution is 0.303. The van der Waals surface area contributed by atoms with Gasteiger partial charge < -0.3 is 5.32 Å². The predicted molar refractivity (Wildman–Crippen MR) is 80.6 cm³/mol. The molecule has 3 aliphatic rings. The van der Waals surface area contributed by atoms with Gasteiger partial charge in [-0.05, 0) is 80.0 Å². The van der Waals surface area contributed by atoms with Crippen molar-refractivity contribution in [2.45, 2.75) is 63.8 Å². The molecular weight excluding hydrogens is 230 g/mol. The number of benzene rings is 1. The van der Waals surface area contributed by atoms with Crippen LogP contribution in [0.1, 0.15) is 56.1 Å². The Hall–Kier alpha value is -0.980. The van der Waals surface area contributed by atoms with Gasteiger partial charge in [-0.15, -0.1) is 0 Å². The van der Waals surface area contributed by atoms with Crippen LogP contribution < -0.4 is 5.32 Å². The number of anilines is 1. The van der Waals surface area contributed by atoms with Gasteiger partial charge in [-0.1, -0.05) is 18.9 Å². The molecule has 2 unspecified atom stereocenters. The second-order valence-corrected chi connectivity index (χ2v) is 6.94. The summed E-state index contributed by atoms with van der Waals surface area (Å²) in [5.74, 6) is 2.12. The lowest BCUT2D eigenvalue weighted by Gasteiger charge is -2.30. The average molecular weight is 255 g/mol. The third-order valence-corrected chi connectivity index (χ3v) is 5.47. The van der Waals surface area contributed by atoms with Gasteiger partial charge in [0, 0.05) is 11.7 Å². The van der Waals surface area contributed by atoms with E-state index < -0.39 is 0 Å². The van der Waals surface area contributed by atoms with Crippen molar-refractivity contribution in [1.29, 1.82) is 0 Å². The summed E-state index contributed by atoms with van der Waals surface area (Å²) in [5.41, 5.74) is 4.56. The second kappa shape index (κ2) is 4.85. The maximum Gasteiger partial charge on any atom is 0.0345 e. The minimum Gasteiger partial charge on any atom is -0.382 e. The fraction of sp³-hybridized carbons (Fsp3) is 0.667. The molecule has 0 spiro atoms. The molecule has 0 heterocycles. The van der Waals surface area contributed by atoms with E-state index in [0.717, 1.165) is 17.9 Å². The lowest BCUT2D eigenvalue weighted by atomic mass is 9.82. The van der Waals surface area contributed by atoms with Crippen molar-refractivity contribution in [2.75, 3.05) is 5.32 Å². The quantitative estimate of drug-likeness (QED) is 0.835. The summed E-state index contributed by atoms with van der Waals surface area (Å²) < 4.78 is 0. The summed E-state index contributed by atoms with van der Waals surface area (Å²) in [4.78, 5) is 0. The van der Waals surface area contributed by atoms with E-state index in [1.54, 1.807) is 11.1 Å². The molecule has 2 saturated carbocycles. The number of rotatable bonds is 3.